The number of epoxide rings is 2. The van der Waals surface area contributed by atoms with E-state index in [4.69, 9.17) is 18.9 Å². The van der Waals surface area contributed by atoms with Crippen LogP contribution in [0.4, 0.5) is 0 Å². The lowest BCUT2D eigenvalue weighted by Crippen LogP contribution is -2.11. The molecule has 0 amide bonds. The van der Waals surface area contributed by atoms with Crippen LogP contribution in [-0.4, -0.2) is 38.6 Å². The summed E-state index contributed by atoms with van der Waals surface area (Å²) < 4.78 is 22.3. The molecule has 0 N–H and O–H groups in total. The van der Waals surface area contributed by atoms with Gasteiger partial charge in [0.1, 0.15) is 36.9 Å². The maximum atomic E-state index is 5.94. The minimum Gasteiger partial charge on any atom is -0.490 e. The predicted octanol–water partition coefficient (Wildman–Crippen LogP) is 2.48. The van der Waals surface area contributed by atoms with Gasteiger partial charge in [0.15, 0.2) is 0 Å². The van der Waals surface area contributed by atoms with Gasteiger partial charge < -0.3 is 18.9 Å². The van der Waals surface area contributed by atoms with E-state index in [1.807, 2.05) is 0 Å². The molecule has 2 aliphatic rings. The molecular formula is C16H22O4. The molecule has 0 spiro atoms. The Labute approximate surface area is 120 Å². The highest BCUT2D eigenvalue weighted by Gasteiger charge is 2.26. The lowest BCUT2D eigenvalue weighted by Gasteiger charge is -2.20. The summed E-state index contributed by atoms with van der Waals surface area (Å²) in [5, 5.41) is 0. The largest absolute Gasteiger partial charge is 0.490 e. The molecule has 4 nitrogen and oxygen atoms in total. The zero-order chi connectivity index (χ0) is 14.3. The van der Waals surface area contributed by atoms with Gasteiger partial charge in [0.05, 0.1) is 13.2 Å². The number of hydrogen-bond acceptors (Lipinski definition) is 4. The van der Waals surface area contributed by atoms with E-state index in [0.717, 1.165) is 47.0 Å². The Morgan fingerprint density at radius 1 is 0.750 bits per heavy atom. The van der Waals surface area contributed by atoms with Crippen molar-refractivity contribution in [3.63, 3.8) is 0 Å². The van der Waals surface area contributed by atoms with Gasteiger partial charge in [-0.3, -0.25) is 0 Å². The molecule has 0 aromatic heterocycles. The highest BCUT2D eigenvalue weighted by molar-refractivity contribution is 5.57. The number of rotatable bonds is 6. The van der Waals surface area contributed by atoms with Crippen molar-refractivity contribution in [1.82, 2.24) is 0 Å². The first kappa shape index (κ1) is 13.7. The van der Waals surface area contributed by atoms with Crippen LogP contribution < -0.4 is 9.47 Å². The predicted molar refractivity (Wildman–Crippen MR) is 75.9 cm³/mol. The van der Waals surface area contributed by atoms with Crippen molar-refractivity contribution < 1.29 is 18.9 Å². The van der Waals surface area contributed by atoms with Gasteiger partial charge in [-0.25, -0.2) is 0 Å². The van der Waals surface area contributed by atoms with Crippen molar-refractivity contribution in [1.29, 1.82) is 0 Å². The first-order valence-electron chi connectivity index (χ1n) is 7.17. The standard InChI is InChI=1S/C16H22O4/c1-9-10(2)16(20-8-14-6-18-14)12(4)11(3)15(9)19-7-13-5-17-13/h13-14H,5-8H2,1-4H3. The van der Waals surface area contributed by atoms with Crippen molar-refractivity contribution in [2.24, 2.45) is 0 Å². The number of benzene rings is 1. The summed E-state index contributed by atoms with van der Waals surface area (Å²) in [4.78, 5) is 0. The van der Waals surface area contributed by atoms with Crippen LogP contribution in [0.5, 0.6) is 11.5 Å². The van der Waals surface area contributed by atoms with Crippen LogP contribution in [0.3, 0.4) is 0 Å². The quantitative estimate of drug-likeness (QED) is 0.750. The second-order valence-corrected chi connectivity index (χ2v) is 5.69. The third kappa shape index (κ3) is 2.76. The molecule has 1 aromatic carbocycles. The third-order valence-electron chi connectivity index (χ3n) is 4.12. The third-order valence-corrected chi connectivity index (χ3v) is 4.12. The lowest BCUT2D eigenvalue weighted by atomic mass is 9.98. The van der Waals surface area contributed by atoms with Crippen LogP contribution in [0.15, 0.2) is 0 Å². The molecule has 2 aliphatic heterocycles. The molecule has 1 aromatic rings. The average Bonchev–Trinajstić information content (AvgIpc) is 3.30. The summed E-state index contributed by atoms with van der Waals surface area (Å²) >= 11 is 0. The first-order chi connectivity index (χ1) is 9.58. The molecule has 2 heterocycles. The van der Waals surface area contributed by atoms with Gasteiger partial charge in [-0.05, 0) is 49.9 Å². The Morgan fingerprint density at radius 3 is 1.30 bits per heavy atom. The van der Waals surface area contributed by atoms with E-state index < -0.39 is 0 Å². The molecule has 2 atom stereocenters. The molecular weight excluding hydrogens is 256 g/mol. The summed E-state index contributed by atoms with van der Waals surface area (Å²) in [6.07, 6.45) is 0.551. The van der Waals surface area contributed by atoms with Gasteiger partial charge in [0.25, 0.3) is 0 Å². The minimum absolute atomic E-state index is 0.275. The fourth-order valence-corrected chi connectivity index (χ4v) is 2.36. The van der Waals surface area contributed by atoms with Crippen LogP contribution in [0.1, 0.15) is 22.3 Å². The van der Waals surface area contributed by atoms with Gasteiger partial charge in [-0.15, -0.1) is 0 Å². The Kier molecular flexibility index (Phi) is 3.61. The highest BCUT2D eigenvalue weighted by atomic mass is 16.6. The van der Waals surface area contributed by atoms with Crippen LogP contribution in [0.25, 0.3) is 0 Å². The summed E-state index contributed by atoms with van der Waals surface area (Å²) in [5.41, 5.74) is 4.61. The van der Waals surface area contributed by atoms with Gasteiger partial charge in [0.2, 0.25) is 0 Å². The Hall–Kier alpha value is -1.26. The van der Waals surface area contributed by atoms with Gasteiger partial charge >= 0.3 is 0 Å². The van der Waals surface area contributed by atoms with E-state index in [1.54, 1.807) is 0 Å². The Bertz CT molecular complexity index is 440. The molecule has 0 aliphatic carbocycles. The van der Waals surface area contributed by atoms with Crippen molar-refractivity contribution >= 4 is 0 Å². The summed E-state index contributed by atoms with van der Waals surface area (Å²) in [6, 6.07) is 0. The monoisotopic (exact) mass is 278 g/mol. The molecule has 2 saturated heterocycles. The van der Waals surface area contributed by atoms with E-state index >= 15 is 0 Å². The van der Waals surface area contributed by atoms with Gasteiger partial charge in [0, 0.05) is 0 Å². The molecule has 0 bridgehead atoms. The molecule has 2 unspecified atom stereocenters. The summed E-state index contributed by atoms with van der Waals surface area (Å²) in [6.45, 7) is 11.3. The smallest absolute Gasteiger partial charge is 0.126 e. The summed E-state index contributed by atoms with van der Waals surface area (Å²) in [7, 11) is 0. The first-order valence-corrected chi connectivity index (χ1v) is 7.17. The fourth-order valence-electron chi connectivity index (χ4n) is 2.36. The van der Waals surface area contributed by atoms with E-state index in [-0.39, 0.29) is 12.2 Å². The Balaban J connectivity index is 1.83. The van der Waals surface area contributed by atoms with E-state index in [2.05, 4.69) is 27.7 Å². The maximum Gasteiger partial charge on any atom is 0.126 e. The van der Waals surface area contributed by atoms with Crippen LogP contribution in [0.2, 0.25) is 0 Å². The van der Waals surface area contributed by atoms with Crippen LogP contribution in [0, 0.1) is 27.7 Å². The molecule has 0 saturated carbocycles. The number of ether oxygens (including phenoxy) is 4. The molecule has 4 heteroatoms. The van der Waals surface area contributed by atoms with E-state index in [9.17, 15) is 0 Å². The molecule has 20 heavy (non-hydrogen) atoms. The second-order valence-electron chi connectivity index (χ2n) is 5.69. The minimum atomic E-state index is 0.275. The zero-order valence-corrected chi connectivity index (χ0v) is 12.6. The molecule has 110 valence electrons. The van der Waals surface area contributed by atoms with Crippen molar-refractivity contribution in [2.75, 3.05) is 26.4 Å². The van der Waals surface area contributed by atoms with E-state index in [1.165, 1.54) is 0 Å². The molecule has 2 fully saturated rings. The van der Waals surface area contributed by atoms with Crippen molar-refractivity contribution in [3.8, 4) is 11.5 Å². The fraction of sp³-hybridized carbons (Fsp3) is 0.625. The second kappa shape index (κ2) is 5.26. The molecule has 0 radical (unpaired) electrons. The van der Waals surface area contributed by atoms with Crippen LogP contribution >= 0.6 is 0 Å². The average molecular weight is 278 g/mol. The lowest BCUT2D eigenvalue weighted by molar-refractivity contribution is 0.253. The van der Waals surface area contributed by atoms with Crippen molar-refractivity contribution in [3.05, 3.63) is 22.3 Å². The van der Waals surface area contributed by atoms with Crippen LogP contribution in [-0.2, 0) is 9.47 Å². The summed E-state index contributed by atoms with van der Waals surface area (Å²) in [5.74, 6) is 1.95. The molecule has 3 rings (SSSR count). The zero-order valence-electron chi connectivity index (χ0n) is 12.6. The highest BCUT2D eigenvalue weighted by Crippen LogP contribution is 2.38. The normalized spacial score (nSPS) is 23.6. The SMILES string of the molecule is Cc1c(C)c(OCC2CO2)c(C)c(C)c1OCC1CO1. The maximum absolute atomic E-state index is 5.94. The van der Waals surface area contributed by atoms with Crippen molar-refractivity contribution in [2.45, 2.75) is 39.9 Å². The van der Waals surface area contributed by atoms with E-state index in [0.29, 0.717) is 13.2 Å². The Morgan fingerprint density at radius 2 is 1.05 bits per heavy atom. The topological polar surface area (TPSA) is 43.5 Å². The van der Waals surface area contributed by atoms with Gasteiger partial charge in [-0.2, -0.15) is 0 Å². The number of hydrogen-bond donors (Lipinski definition) is 0. The van der Waals surface area contributed by atoms with Gasteiger partial charge in [-0.1, -0.05) is 0 Å².